The van der Waals surface area contributed by atoms with Gasteiger partial charge in [-0.15, -0.1) is 0 Å². The van der Waals surface area contributed by atoms with Crippen LogP contribution in [0.4, 0.5) is 5.69 Å². The van der Waals surface area contributed by atoms with E-state index in [9.17, 15) is 9.90 Å². The Balaban J connectivity index is 1.66. The second kappa shape index (κ2) is 7.39. The summed E-state index contributed by atoms with van der Waals surface area (Å²) < 4.78 is 0. The van der Waals surface area contributed by atoms with E-state index in [1.165, 1.54) is 24.1 Å². The summed E-state index contributed by atoms with van der Waals surface area (Å²) >= 11 is 0. The lowest BCUT2D eigenvalue weighted by atomic mass is 10.1. The summed E-state index contributed by atoms with van der Waals surface area (Å²) in [7, 11) is 1.85. The molecule has 4 nitrogen and oxygen atoms in total. The zero-order chi connectivity index (χ0) is 16.9. The van der Waals surface area contributed by atoms with Crippen LogP contribution in [0.3, 0.4) is 0 Å². The second-order valence-corrected chi connectivity index (χ2v) is 6.42. The number of likely N-dealkylation sites (N-methyl/N-ethyl adjacent to an activating group) is 1. The molecule has 24 heavy (non-hydrogen) atoms. The molecule has 2 aromatic rings. The molecular weight excluding hydrogens is 300 g/mol. The van der Waals surface area contributed by atoms with E-state index in [1.807, 2.05) is 13.1 Å². The number of carbonyl (C=O) groups is 1. The van der Waals surface area contributed by atoms with E-state index in [1.54, 1.807) is 29.2 Å². The summed E-state index contributed by atoms with van der Waals surface area (Å²) in [5.41, 5.74) is 3.36. The van der Waals surface area contributed by atoms with E-state index in [4.69, 9.17) is 0 Å². The van der Waals surface area contributed by atoms with Crippen molar-refractivity contribution in [2.45, 2.75) is 25.8 Å². The lowest BCUT2D eigenvalue weighted by Crippen LogP contribution is -2.29. The molecular formula is C20H24N2O2. The van der Waals surface area contributed by atoms with Gasteiger partial charge < -0.3 is 14.9 Å². The number of nitrogens with zero attached hydrogens (tertiary/aromatic N) is 2. The van der Waals surface area contributed by atoms with Crippen molar-refractivity contribution in [1.29, 1.82) is 0 Å². The Morgan fingerprint density at radius 1 is 1.08 bits per heavy atom. The Labute approximate surface area is 143 Å². The first-order valence-electron chi connectivity index (χ1n) is 8.48. The molecule has 1 N–H and O–H groups in total. The van der Waals surface area contributed by atoms with Crippen molar-refractivity contribution >= 4 is 11.6 Å². The number of hydrogen-bond acceptors (Lipinski definition) is 3. The van der Waals surface area contributed by atoms with E-state index in [0.717, 1.165) is 18.7 Å². The van der Waals surface area contributed by atoms with Gasteiger partial charge in [0.15, 0.2) is 0 Å². The van der Waals surface area contributed by atoms with Gasteiger partial charge in [-0.2, -0.15) is 0 Å². The van der Waals surface area contributed by atoms with Gasteiger partial charge in [0, 0.05) is 32.4 Å². The Morgan fingerprint density at radius 3 is 2.46 bits per heavy atom. The fourth-order valence-corrected chi connectivity index (χ4v) is 3.18. The molecule has 1 aliphatic rings. The lowest BCUT2D eigenvalue weighted by Gasteiger charge is -2.24. The van der Waals surface area contributed by atoms with Gasteiger partial charge in [0.05, 0.1) is 6.42 Å². The van der Waals surface area contributed by atoms with Crippen LogP contribution in [0.1, 0.15) is 24.0 Å². The summed E-state index contributed by atoms with van der Waals surface area (Å²) in [6, 6.07) is 15.2. The molecule has 0 aliphatic carbocycles. The van der Waals surface area contributed by atoms with Gasteiger partial charge in [-0.1, -0.05) is 30.3 Å². The number of phenolic OH excluding ortho intramolecular Hbond substituents is 1. The SMILES string of the molecule is CN(Cc1ccccc1N1CCCC1)C(=O)Cc1ccc(O)cc1. The summed E-state index contributed by atoms with van der Waals surface area (Å²) in [6.45, 7) is 2.81. The highest BCUT2D eigenvalue weighted by atomic mass is 16.3. The van der Waals surface area contributed by atoms with Gasteiger partial charge in [0.2, 0.25) is 5.91 Å². The molecule has 3 rings (SSSR count). The number of anilines is 1. The van der Waals surface area contributed by atoms with Gasteiger partial charge in [-0.3, -0.25) is 4.79 Å². The van der Waals surface area contributed by atoms with Crippen LogP contribution in [0.2, 0.25) is 0 Å². The Bertz CT molecular complexity index is 691. The van der Waals surface area contributed by atoms with Crippen LogP contribution in [-0.2, 0) is 17.8 Å². The van der Waals surface area contributed by atoms with Gasteiger partial charge in [-0.25, -0.2) is 0 Å². The third-order valence-corrected chi connectivity index (χ3v) is 4.56. The Kier molecular flexibility index (Phi) is 5.04. The maximum atomic E-state index is 12.5. The van der Waals surface area contributed by atoms with Crippen LogP contribution >= 0.6 is 0 Å². The highest BCUT2D eigenvalue weighted by Gasteiger charge is 2.17. The molecule has 0 spiro atoms. The van der Waals surface area contributed by atoms with Crippen molar-refractivity contribution < 1.29 is 9.90 Å². The fraction of sp³-hybridized carbons (Fsp3) is 0.350. The first-order valence-corrected chi connectivity index (χ1v) is 8.48. The number of phenols is 1. The van der Waals surface area contributed by atoms with E-state index in [-0.39, 0.29) is 11.7 Å². The van der Waals surface area contributed by atoms with Crippen LogP contribution in [0, 0.1) is 0 Å². The van der Waals surface area contributed by atoms with E-state index >= 15 is 0 Å². The number of amides is 1. The zero-order valence-corrected chi connectivity index (χ0v) is 14.1. The minimum atomic E-state index is 0.0805. The lowest BCUT2D eigenvalue weighted by molar-refractivity contribution is -0.129. The normalized spacial score (nSPS) is 14.0. The topological polar surface area (TPSA) is 43.8 Å². The average molecular weight is 324 g/mol. The van der Waals surface area contributed by atoms with Gasteiger partial charge in [0.1, 0.15) is 5.75 Å². The summed E-state index contributed by atoms with van der Waals surface area (Å²) in [4.78, 5) is 16.7. The highest BCUT2D eigenvalue weighted by Crippen LogP contribution is 2.25. The minimum Gasteiger partial charge on any atom is -0.508 e. The number of rotatable bonds is 5. The number of benzene rings is 2. The first-order chi connectivity index (χ1) is 11.6. The quantitative estimate of drug-likeness (QED) is 0.918. The van der Waals surface area contributed by atoms with Crippen LogP contribution < -0.4 is 4.90 Å². The molecule has 0 unspecified atom stereocenters. The largest absolute Gasteiger partial charge is 0.508 e. The van der Waals surface area contributed by atoms with Crippen molar-refractivity contribution in [3.8, 4) is 5.75 Å². The zero-order valence-electron chi connectivity index (χ0n) is 14.1. The number of aromatic hydroxyl groups is 1. The summed E-state index contributed by atoms with van der Waals surface area (Å²) in [6.07, 6.45) is 2.83. The molecule has 0 bridgehead atoms. The Morgan fingerprint density at radius 2 is 1.75 bits per heavy atom. The number of hydrogen-bond donors (Lipinski definition) is 1. The van der Waals surface area contributed by atoms with Crippen molar-refractivity contribution in [2.75, 3.05) is 25.0 Å². The molecule has 0 atom stereocenters. The van der Waals surface area contributed by atoms with Crippen molar-refractivity contribution in [3.63, 3.8) is 0 Å². The van der Waals surface area contributed by atoms with Crippen molar-refractivity contribution in [1.82, 2.24) is 4.90 Å². The monoisotopic (exact) mass is 324 g/mol. The van der Waals surface area contributed by atoms with Crippen LogP contribution in [0.15, 0.2) is 48.5 Å². The van der Waals surface area contributed by atoms with E-state index in [0.29, 0.717) is 13.0 Å². The van der Waals surface area contributed by atoms with Crippen LogP contribution in [0.5, 0.6) is 5.75 Å². The predicted octanol–water partition coefficient (Wildman–Crippen LogP) is 3.19. The second-order valence-electron chi connectivity index (χ2n) is 6.42. The highest BCUT2D eigenvalue weighted by molar-refractivity contribution is 5.78. The smallest absolute Gasteiger partial charge is 0.227 e. The molecule has 0 saturated carbocycles. The van der Waals surface area contributed by atoms with Gasteiger partial charge in [0.25, 0.3) is 0 Å². The van der Waals surface area contributed by atoms with E-state index < -0.39 is 0 Å². The summed E-state index contributed by atoms with van der Waals surface area (Å²) in [5, 5.41) is 9.33. The fourth-order valence-electron chi connectivity index (χ4n) is 3.18. The predicted molar refractivity (Wildman–Crippen MR) is 96.2 cm³/mol. The third kappa shape index (κ3) is 3.88. The minimum absolute atomic E-state index is 0.0805. The van der Waals surface area contributed by atoms with Crippen LogP contribution in [-0.4, -0.2) is 36.1 Å². The summed E-state index contributed by atoms with van der Waals surface area (Å²) in [5.74, 6) is 0.302. The molecule has 126 valence electrons. The maximum absolute atomic E-state index is 12.5. The molecule has 1 fully saturated rings. The Hall–Kier alpha value is -2.49. The third-order valence-electron chi connectivity index (χ3n) is 4.56. The molecule has 1 amide bonds. The molecule has 1 aliphatic heterocycles. The van der Waals surface area contributed by atoms with Gasteiger partial charge in [-0.05, 0) is 42.2 Å². The first kappa shape index (κ1) is 16.4. The molecule has 1 heterocycles. The molecule has 0 radical (unpaired) electrons. The van der Waals surface area contributed by atoms with E-state index in [2.05, 4.69) is 23.1 Å². The molecule has 4 heteroatoms. The average Bonchev–Trinajstić information content (AvgIpc) is 3.11. The molecule has 0 aromatic heterocycles. The number of carbonyl (C=O) groups excluding carboxylic acids is 1. The van der Waals surface area contributed by atoms with Gasteiger partial charge >= 0.3 is 0 Å². The number of para-hydroxylation sites is 1. The standard InChI is InChI=1S/C20H24N2O2/c1-21(20(24)14-16-8-10-18(23)11-9-16)15-17-6-2-3-7-19(17)22-12-4-5-13-22/h2-3,6-11,23H,4-5,12-15H2,1H3. The molecule has 1 saturated heterocycles. The van der Waals surface area contributed by atoms with Crippen molar-refractivity contribution in [2.24, 2.45) is 0 Å². The van der Waals surface area contributed by atoms with Crippen molar-refractivity contribution in [3.05, 3.63) is 59.7 Å². The maximum Gasteiger partial charge on any atom is 0.227 e. The van der Waals surface area contributed by atoms with Crippen LogP contribution in [0.25, 0.3) is 0 Å². The molecule has 2 aromatic carbocycles.